The number of fused-ring (bicyclic) bond motifs is 5. The van der Waals surface area contributed by atoms with Gasteiger partial charge in [0.15, 0.2) is 0 Å². The van der Waals surface area contributed by atoms with Gasteiger partial charge in [0.05, 0.1) is 17.5 Å². The Bertz CT molecular complexity index is 1010. The molecule has 4 heteroatoms. The van der Waals surface area contributed by atoms with E-state index in [0.717, 1.165) is 22.2 Å². The second-order valence-corrected chi connectivity index (χ2v) is 7.07. The number of hydrogen-bond acceptors (Lipinski definition) is 2. The van der Waals surface area contributed by atoms with Crippen LogP contribution < -0.4 is 4.90 Å². The Labute approximate surface area is 145 Å². The van der Waals surface area contributed by atoms with E-state index in [9.17, 15) is 9.59 Å². The van der Waals surface area contributed by atoms with Gasteiger partial charge >= 0.3 is 0 Å². The lowest BCUT2D eigenvalue weighted by Gasteiger charge is -2.27. The maximum Gasteiger partial charge on any atom is 0.242 e. The van der Waals surface area contributed by atoms with Crippen LogP contribution in [-0.4, -0.2) is 16.8 Å². The van der Waals surface area contributed by atoms with E-state index in [2.05, 4.69) is 11.9 Å². The molecule has 1 saturated heterocycles. The van der Waals surface area contributed by atoms with Crippen LogP contribution in [0.4, 0.5) is 5.69 Å². The molecule has 0 saturated carbocycles. The molecule has 1 fully saturated rings. The number of nitrogens with one attached hydrogen (secondary N) is 1. The molecular formula is C21H18N2O2. The minimum atomic E-state index is -0.380. The van der Waals surface area contributed by atoms with Gasteiger partial charge in [0.2, 0.25) is 11.8 Å². The first-order valence-electron chi connectivity index (χ1n) is 8.70. The Balaban J connectivity index is 1.71. The van der Waals surface area contributed by atoms with E-state index in [0.29, 0.717) is 12.1 Å². The molecule has 25 heavy (non-hydrogen) atoms. The lowest BCUT2D eigenvalue weighted by atomic mass is 9.74. The summed E-state index contributed by atoms with van der Waals surface area (Å²) in [6.45, 7) is 2.13. The van der Waals surface area contributed by atoms with Crippen molar-refractivity contribution in [3.63, 3.8) is 0 Å². The van der Waals surface area contributed by atoms with Crippen LogP contribution in [-0.2, 0) is 9.59 Å². The van der Waals surface area contributed by atoms with E-state index in [4.69, 9.17) is 0 Å². The molecule has 3 atom stereocenters. The molecular weight excluding hydrogens is 312 g/mol. The number of benzene rings is 2. The van der Waals surface area contributed by atoms with E-state index >= 15 is 0 Å². The molecule has 5 rings (SSSR count). The predicted octanol–water partition coefficient (Wildman–Crippen LogP) is 3.95. The summed E-state index contributed by atoms with van der Waals surface area (Å²) < 4.78 is 0. The lowest BCUT2D eigenvalue weighted by molar-refractivity contribution is -0.122. The normalized spacial score (nSPS) is 25.3. The first-order chi connectivity index (χ1) is 12.2. The molecule has 0 bridgehead atoms. The Morgan fingerprint density at radius 1 is 0.960 bits per heavy atom. The Kier molecular flexibility index (Phi) is 2.93. The average Bonchev–Trinajstić information content (AvgIpc) is 3.13. The van der Waals surface area contributed by atoms with Gasteiger partial charge in [0.1, 0.15) is 0 Å². The van der Waals surface area contributed by atoms with Crippen LogP contribution in [0.25, 0.3) is 10.9 Å². The van der Waals surface area contributed by atoms with Crippen molar-refractivity contribution in [2.24, 2.45) is 5.92 Å². The van der Waals surface area contributed by atoms with Gasteiger partial charge < -0.3 is 4.98 Å². The highest BCUT2D eigenvalue weighted by Crippen LogP contribution is 2.50. The number of rotatable bonds is 1. The van der Waals surface area contributed by atoms with Crippen molar-refractivity contribution in [2.45, 2.75) is 25.2 Å². The van der Waals surface area contributed by atoms with Crippen LogP contribution in [0.2, 0.25) is 0 Å². The molecule has 2 aromatic carbocycles. The van der Waals surface area contributed by atoms with Crippen molar-refractivity contribution in [2.75, 3.05) is 4.90 Å². The number of H-pyrrole nitrogens is 1. The summed E-state index contributed by atoms with van der Waals surface area (Å²) in [5.41, 5.74) is 3.84. The third kappa shape index (κ3) is 1.88. The Morgan fingerprint density at radius 2 is 1.68 bits per heavy atom. The van der Waals surface area contributed by atoms with Crippen LogP contribution >= 0.6 is 0 Å². The molecule has 1 N–H and O–H groups in total. The van der Waals surface area contributed by atoms with Crippen LogP contribution in [0.15, 0.2) is 54.6 Å². The first-order valence-corrected chi connectivity index (χ1v) is 8.70. The van der Waals surface area contributed by atoms with Crippen molar-refractivity contribution in [1.82, 2.24) is 4.98 Å². The zero-order valence-corrected chi connectivity index (χ0v) is 13.9. The van der Waals surface area contributed by atoms with Gasteiger partial charge in [0.25, 0.3) is 0 Å². The largest absolute Gasteiger partial charge is 0.358 e. The van der Waals surface area contributed by atoms with E-state index in [1.54, 1.807) is 0 Å². The molecule has 2 aliphatic rings. The van der Waals surface area contributed by atoms with Gasteiger partial charge in [-0.15, -0.1) is 0 Å². The highest BCUT2D eigenvalue weighted by atomic mass is 16.2. The maximum absolute atomic E-state index is 13.3. The molecule has 0 spiro atoms. The predicted molar refractivity (Wildman–Crippen MR) is 96.5 cm³/mol. The molecule has 0 radical (unpaired) electrons. The monoisotopic (exact) mass is 330 g/mol. The summed E-state index contributed by atoms with van der Waals surface area (Å²) in [4.78, 5) is 31.2. The molecule has 0 unspecified atom stereocenters. The number of amides is 2. The quantitative estimate of drug-likeness (QED) is 0.687. The van der Waals surface area contributed by atoms with Crippen LogP contribution in [0.5, 0.6) is 0 Å². The summed E-state index contributed by atoms with van der Waals surface area (Å²) in [5, 5.41) is 1.06. The second kappa shape index (κ2) is 5.06. The van der Waals surface area contributed by atoms with Crippen molar-refractivity contribution < 1.29 is 9.59 Å². The molecule has 1 aliphatic heterocycles. The third-order valence-electron chi connectivity index (χ3n) is 5.63. The highest BCUT2D eigenvalue weighted by molar-refractivity contribution is 6.24. The van der Waals surface area contributed by atoms with Gasteiger partial charge in [0, 0.05) is 16.6 Å². The van der Waals surface area contributed by atoms with Crippen LogP contribution in [0, 0.1) is 5.92 Å². The lowest BCUT2D eigenvalue weighted by Crippen LogP contribution is -2.30. The van der Waals surface area contributed by atoms with Crippen LogP contribution in [0.3, 0.4) is 0 Å². The van der Waals surface area contributed by atoms with Gasteiger partial charge in [-0.25, -0.2) is 4.90 Å². The van der Waals surface area contributed by atoms with E-state index in [-0.39, 0.29) is 29.6 Å². The topological polar surface area (TPSA) is 53.2 Å². The molecule has 2 heterocycles. The zero-order valence-electron chi connectivity index (χ0n) is 13.9. The summed E-state index contributed by atoms with van der Waals surface area (Å²) in [6, 6.07) is 17.3. The minimum Gasteiger partial charge on any atom is -0.358 e. The van der Waals surface area contributed by atoms with Gasteiger partial charge in [-0.3, -0.25) is 9.59 Å². The number of carbonyl (C=O) groups is 2. The fraction of sp³-hybridized carbons (Fsp3) is 0.238. The van der Waals surface area contributed by atoms with Crippen molar-refractivity contribution >= 4 is 28.4 Å². The average molecular weight is 330 g/mol. The number of carbonyl (C=O) groups excluding carboxylic acids is 2. The summed E-state index contributed by atoms with van der Waals surface area (Å²) in [5.74, 6) is -0.580. The van der Waals surface area contributed by atoms with E-state index in [1.165, 1.54) is 4.90 Å². The number of hydrogen-bond donors (Lipinski definition) is 1. The number of aromatic amines is 1. The first kappa shape index (κ1) is 14.5. The second-order valence-electron chi connectivity index (χ2n) is 7.07. The van der Waals surface area contributed by atoms with E-state index in [1.807, 2.05) is 54.6 Å². The Hall–Kier alpha value is -2.88. The number of nitrogens with zero attached hydrogens (tertiary/aromatic N) is 1. The minimum absolute atomic E-state index is 0.0658. The highest BCUT2D eigenvalue weighted by Gasteiger charge is 2.53. The van der Waals surface area contributed by atoms with E-state index < -0.39 is 0 Å². The number of aromatic nitrogens is 1. The number of anilines is 1. The summed E-state index contributed by atoms with van der Waals surface area (Å²) in [6.07, 6.45) is 0.707. The molecule has 1 aliphatic carbocycles. The van der Waals surface area contributed by atoms with Crippen LogP contribution in [0.1, 0.15) is 36.4 Å². The smallest absolute Gasteiger partial charge is 0.242 e. The molecule has 1 aromatic heterocycles. The molecule has 2 amide bonds. The van der Waals surface area contributed by atoms with Gasteiger partial charge in [-0.2, -0.15) is 0 Å². The summed E-state index contributed by atoms with van der Waals surface area (Å²) in [7, 11) is 0. The SMILES string of the molecule is C[C@@H]1C[C@H]2C(=O)N(c3ccccc3)C(=O)[C@H]2c2c1[nH]c1ccccc21. The summed E-state index contributed by atoms with van der Waals surface area (Å²) >= 11 is 0. The maximum atomic E-state index is 13.3. The molecule has 3 aromatic rings. The zero-order chi connectivity index (χ0) is 17.1. The van der Waals surface area contributed by atoms with Gasteiger partial charge in [-0.05, 0) is 36.1 Å². The standard InChI is InChI=1S/C21H18N2O2/c1-12-11-15-18(17-14-9-5-6-10-16(14)22-19(12)17)21(25)23(20(15)24)13-7-3-2-4-8-13/h2-10,12,15,18,22H,11H2,1H3/t12-,15-,18-/m1/s1. The fourth-order valence-corrected chi connectivity index (χ4v) is 4.53. The fourth-order valence-electron chi connectivity index (χ4n) is 4.53. The molecule has 4 nitrogen and oxygen atoms in total. The number of para-hydroxylation sites is 2. The van der Waals surface area contributed by atoms with Crippen molar-refractivity contribution in [1.29, 1.82) is 0 Å². The van der Waals surface area contributed by atoms with Crippen molar-refractivity contribution in [3.05, 3.63) is 65.9 Å². The third-order valence-corrected chi connectivity index (χ3v) is 5.63. The molecule has 124 valence electrons. The van der Waals surface area contributed by atoms with Crippen molar-refractivity contribution in [3.8, 4) is 0 Å². The Morgan fingerprint density at radius 3 is 2.48 bits per heavy atom. The van der Waals surface area contributed by atoms with Gasteiger partial charge in [-0.1, -0.05) is 43.3 Å². The number of imide groups is 1.